The molecule has 0 radical (unpaired) electrons. The average Bonchev–Trinajstić information content (AvgIpc) is 2.66. The molecule has 0 saturated heterocycles. The zero-order valence-corrected chi connectivity index (χ0v) is 16.3. The molecule has 0 heterocycles. The summed E-state index contributed by atoms with van der Waals surface area (Å²) in [5, 5.41) is 2.58. The van der Waals surface area contributed by atoms with Gasteiger partial charge < -0.3 is 5.32 Å². The summed E-state index contributed by atoms with van der Waals surface area (Å²) in [7, 11) is -3.73. The van der Waals surface area contributed by atoms with Crippen LogP contribution in [0.2, 0.25) is 0 Å². The molecule has 0 fully saturated rings. The van der Waals surface area contributed by atoms with Crippen molar-refractivity contribution in [3.05, 3.63) is 95.6 Å². The van der Waals surface area contributed by atoms with Crippen molar-refractivity contribution in [2.45, 2.75) is 6.54 Å². The number of anilines is 2. The molecular formula is C21H18F2N2O3S. The van der Waals surface area contributed by atoms with Crippen molar-refractivity contribution in [3.63, 3.8) is 0 Å². The van der Waals surface area contributed by atoms with E-state index in [1.165, 1.54) is 48.5 Å². The molecule has 1 amide bonds. The van der Waals surface area contributed by atoms with Crippen molar-refractivity contribution < 1.29 is 22.0 Å². The second-order valence-corrected chi connectivity index (χ2v) is 8.29. The maximum Gasteiger partial charge on any atom is 0.255 e. The fourth-order valence-corrected chi connectivity index (χ4v) is 3.62. The number of amides is 1. The SMILES string of the molecule is CS(=O)(=O)N(Cc1ccc(C(=O)Nc2cccc(F)c2)cc1)c1ccccc1F. The number of sulfonamides is 1. The summed E-state index contributed by atoms with van der Waals surface area (Å²) in [6, 6.07) is 17.3. The second kappa shape index (κ2) is 8.40. The molecule has 0 unspecified atom stereocenters. The van der Waals surface area contributed by atoms with Gasteiger partial charge in [-0.25, -0.2) is 17.2 Å². The van der Waals surface area contributed by atoms with Crippen LogP contribution in [-0.4, -0.2) is 20.6 Å². The molecular weight excluding hydrogens is 398 g/mol. The Bertz CT molecular complexity index is 1130. The van der Waals surface area contributed by atoms with Crippen LogP contribution in [0.1, 0.15) is 15.9 Å². The third-order valence-electron chi connectivity index (χ3n) is 4.15. The van der Waals surface area contributed by atoms with Gasteiger partial charge in [-0.1, -0.05) is 30.3 Å². The Hall–Kier alpha value is -3.26. The number of halogens is 2. The molecule has 0 aliphatic heterocycles. The van der Waals surface area contributed by atoms with Crippen LogP contribution in [0.25, 0.3) is 0 Å². The molecule has 0 atom stereocenters. The molecule has 8 heteroatoms. The van der Waals surface area contributed by atoms with Crippen LogP contribution in [0.4, 0.5) is 20.2 Å². The summed E-state index contributed by atoms with van der Waals surface area (Å²) in [4.78, 5) is 12.3. The molecule has 0 saturated carbocycles. The van der Waals surface area contributed by atoms with E-state index in [4.69, 9.17) is 0 Å². The maximum atomic E-state index is 14.1. The van der Waals surface area contributed by atoms with E-state index in [1.54, 1.807) is 24.3 Å². The summed E-state index contributed by atoms with van der Waals surface area (Å²) >= 11 is 0. The van der Waals surface area contributed by atoms with E-state index in [-0.39, 0.29) is 12.2 Å². The molecule has 1 N–H and O–H groups in total. The molecule has 0 aromatic heterocycles. The minimum atomic E-state index is -3.73. The van der Waals surface area contributed by atoms with Crippen molar-refractivity contribution >= 4 is 27.3 Å². The highest BCUT2D eigenvalue weighted by atomic mass is 32.2. The van der Waals surface area contributed by atoms with E-state index < -0.39 is 27.6 Å². The van der Waals surface area contributed by atoms with Crippen molar-refractivity contribution in [2.75, 3.05) is 15.9 Å². The number of para-hydroxylation sites is 1. The lowest BCUT2D eigenvalue weighted by molar-refractivity contribution is 0.102. The van der Waals surface area contributed by atoms with Crippen LogP contribution in [0.3, 0.4) is 0 Å². The van der Waals surface area contributed by atoms with Crippen LogP contribution in [-0.2, 0) is 16.6 Å². The molecule has 0 bridgehead atoms. The van der Waals surface area contributed by atoms with Crippen LogP contribution < -0.4 is 9.62 Å². The first-order valence-electron chi connectivity index (χ1n) is 8.62. The number of carbonyl (C=O) groups excluding carboxylic acids is 1. The van der Waals surface area contributed by atoms with Gasteiger partial charge >= 0.3 is 0 Å². The number of hydrogen-bond donors (Lipinski definition) is 1. The van der Waals surface area contributed by atoms with Gasteiger partial charge in [0.05, 0.1) is 18.5 Å². The molecule has 0 aliphatic carbocycles. The maximum absolute atomic E-state index is 14.1. The van der Waals surface area contributed by atoms with Gasteiger partial charge in [0.15, 0.2) is 0 Å². The fraction of sp³-hybridized carbons (Fsp3) is 0.0952. The Kier molecular flexibility index (Phi) is 5.93. The number of rotatable bonds is 6. The van der Waals surface area contributed by atoms with Crippen molar-refractivity contribution in [3.8, 4) is 0 Å². The predicted octanol–water partition coefficient (Wildman–Crippen LogP) is 4.18. The van der Waals surface area contributed by atoms with E-state index in [9.17, 15) is 22.0 Å². The highest BCUT2D eigenvalue weighted by Crippen LogP contribution is 2.24. The average molecular weight is 416 g/mol. The Morgan fingerprint density at radius 2 is 1.66 bits per heavy atom. The van der Waals surface area contributed by atoms with Gasteiger partial charge in [-0.2, -0.15) is 0 Å². The Labute approximate surface area is 167 Å². The fourth-order valence-electron chi connectivity index (χ4n) is 2.73. The largest absolute Gasteiger partial charge is 0.322 e. The first-order valence-corrected chi connectivity index (χ1v) is 10.5. The van der Waals surface area contributed by atoms with E-state index in [0.29, 0.717) is 16.8 Å². The van der Waals surface area contributed by atoms with Crippen LogP contribution in [0, 0.1) is 11.6 Å². The summed E-state index contributed by atoms with van der Waals surface area (Å²) in [6.07, 6.45) is 1.00. The molecule has 150 valence electrons. The predicted molar refractivity (Wildman–Crippen MR) is 108 cm³/mol. The highest BCUT2D eigenvalue weighted by molar-refractivity contribution is 7.92. The normalized spacial score (nSPS) is 11.1. The zero-order valence-electron chi connectivity index (χ0n) is 15.5. The molecule has 5 nitrogen and oxygen atoms in total. The summed E-state index contributed by atoms with van der Waals surface area (Å²) in [5.74, 6) is -1.55. The van der Waals surface area contributed by atoms with Gasteiger partial charge in [0.1, 0.15) is 11.6 Å². The number of benzene rings is 3. The highest BCUT2D eigenvalue weighted by Gasteiger charge is 2.21. The minimum absolute atomic E-state index is 0.0528. The lowest BCUT2D eigenvalue weighted by atomic mass is 10.1. The standard InChI is InChI=1S/C21H18F2N2O3S/c1-29(27,28)25(20-8-3-2-7-19(20)23)14-15-9-11-16(12-10-15)21(26)24-18-6-4-5-17(22)13-18/h2-13H,14H2,1H3,(H,24,26). The van der Waals surface area contributed by atoms with Crippen LogP contribution in [0.5, 0.6) is 0 Å². The molecule has 3 rings (SSSR count). The van der Waals surface area contributed by atoms with Crippen LogP contribution >= 0.6 is 0 Å². The lowest BCUT2D eigenvalue weighted by Gasteiger charge is -2.23. The number of nitrogens with one attached hydrogen (secondary N) is 1. The Balaban J connectivity index is 1.78. The minimum Gasteiger partial charge on any atom is -0.322 e. The molecule has 3 aromatic rings. The van der Waals surface area contributed by atoms with Gasteiger partial charge in [-0.3, -0.25) is 9.10 Å². The quantitative estimate of drug-likeness (QED) is 0.656. The molecule has 0 spiro atoms. The Morgan fingerprint density at radius 3 is 2.28 bits per heavy atom. The molecule has 0 aliphatic rings. The number of nitrogens with zero attached hydrogens (tertiary/aromatic N) is 1. The van der Waals surface area contributed by atoms with Crippen molar-refractivity contribution in [1.82, 2.24) is 0 Å². The van der Waals surface area contributed by atoms with Gasteiger partial charge in [0.2, 0.25) is 10.0 Å². The summed E-state index contributed by atoms with van der Waals surface area (Å²) < 4.78 is 52.6. The van der Waals surface area contributed by atoms with E-state index in [2.05, 4.69) is 5.32 Å². The van der Waals surface area contributed by atoms with E-state index >= 15 is 0 Å². The van der Waals surface area contributed by atoms with E-state index in [1.807, 2.05) is 0 Å². The summed E-state index contributed by atoms with van der Waals surface area (Å²) in [5.41, 5.74) is 1.15. The zero-order chi connectivity index (χ0) is 21.0. The second-order valence-electron chi connectivity index (χ2n) is 6.38. The third kappa shape index (κ3) is 5.17. The van der Waals surface area contributed by atoms with E-state index in [0.717, 1.165) is 10.6 Å². The summed E-state index contributed by atoms with van der Waals surface area (Å²) in [6.45, 7) is -0.0917. The van der Waals surface area contributed by atoms with Gasteiger partial charge in [0.25, 0.3) is 5.91 Å². The monoisotopic (exact) mass is 416 g/mol. The first-order chi connectivity index (χ1) is 13.7. The molecule has 3 aromatic carbocycles. The number of hydrogen-bond acceptors (Lipinski definition) is 3. The van der Waals surface area contributed by atoms with Gasteiger partial charge in [-0.05, 0) is 48.0 Å². The van der Waals surface area contributed by atoms with Crippen molar-refractivity contribution in [2.24, 2.45) is 0 Å². The Morgan fingerprint density at radius 1 is 0.966 bits per heavy atom. The van der Waals surface area contributed by atoms with Crippen LogP contribution in [0.15, 0.2) is 72.8 Å². The number of carbonyl (C=O) groups is 1. The topological polar surface area (TPSA) is 66.5 Å². The smallest absolute Gasteiger partial charge is 0.255 e. The van der Waals surface area contributed by atoms with Gasteiger partial charge in [0, 0.05) is 11.3 Å². The third-order valence-corrected chi connectivity index (χ3v) is 5.27. The van der Waals surface area contributed by atoms with Crippen molar-refractivity contribution in [1.29, 1.82) is 0 Å². The lowest BCUT2D eigenvalue weighted by Crippen LogP contribution is -2.30. The first kappa shape index (κ1) is 20.5. The molecule has 29 heavy (non-hydrogen) atoms. The van der Waals surface area contributed by atoms with Gasteiger partial charge in [-0.15, -0.1) is 0 Å².